The Bertz CT molecular complexity index is 1360. The fourth-order valence-corrected chi connectivity index (χ4v) is 5.25. The first kappa shape index (κ1) is 27.7. The molecule has 0 unspecified atom stereocenters. The highest BCUT2D eigenvalue weighted by molar-refractivity contribution is 6.32. The first-order valence-electron chi connectivity index (χ1n) is 13.0. The number of ether oxygens (including phenoxy) is 1. The van der Waals surface area contributed by atoms with Crippen LogP contribution >= 0.6 is 11.6 Å². The van der Waals surface area contributed by atoms with Crippen LogP contribution in [-0.4, -0.2) is 70.7 Å². The number of halogens is 1. The van der Waals surface area contributed by atoms with Gasteiger partial charge in [0.15, 0.2) is 18.2 Å². The molecule has 1 fully saturated rings. The SMILES string of the molecule is CCN1[C@H](C)CN(c2ncc(Cl)c(Nc3ccc4c(c3)cc(OCC(=O)NC)c(=O)n4C(C)C)n2)C[C@@H]1C. The van der Waals surface area contributed by atoms with Crippen molar-refractivity contribution in [1.29, 1.82) is 0 Å². The molecule has 1 saturated heterocycles. The summed E-state index contributed by atoms with van der Waals surface area (Å²) < 4.78 is 7.22. The molecule has 0 saturated carbocycles. The molecular weight excluding hydrogens is 506 g/mol. The number of benzene rings is 1. The maximum absolute atomic E-state index is 13.1. The van der Waals surface area contributed by atoms with Gasteiger partial charge in [-0.05, 0) is 58.5 Å². The number of carbonyl (C=O) groups is 1. The minimum atomic E-state index is -0.315. The minimum Gasteiger partial charge on any atom is -0.478 e. The molecule has 204 valence electrons. The lowest BCUT2D eigenvalue weighted by atomic mass is 10.1. The van der Waals surface area contributed by atoms with Crippen molar-refractivity contribution in [2.45, 2.75) is 52.7 Å². The number of nitrogens with one attached hydrogen (secondary N) is 2. The molecule has 0 aliphatic carbocycles. The van der Waals surface area contributed by atoms with E-state index < -0.39 is 0 Å². The molecular formula is C27H36ClN7O3. The van der Waals surface area contributed by atoms with Gasteiger partial charge in [-0.3, -0.25) is 14.5 Å². The van der Waals surface area contributed by atoms with E-state index in [1.54, 1.807) is 16.8 Å². The summed E-state index contributed by atoms with van der Waals surface area (Å²) in [6.45, 7) is 12.9. The number of carbonyl (C=O) groups excluding carboxylic acids is 1. The van der Waals surface area contributed by atoms with Gasteiger partial charge >= 0.3 is 0 Å². The van der Waals surface area contributed by atoms with E-state index in [0.29, 0.717) is 28.9 Å². The van der Waals surface area contributed by atoms with E-state index in [1.807, 2.05) is 32.0 Å². The Morgan fingerprint density at radius 1 is 1.21 bits per heavy atom. The lowest BCUT2D eigenvalue weighted by molar-refractivity contribution is -0.122. The summed E-state index contributed by atoms with van der Waals surface area (Å²) in [7, 11) is 1.52. The molecule has 1 aliphatic heterocycles. The second-order valence-electron chi connectivity index (χ2n) is 9.94. The number of aromatic nitrogens is 3. The van der Waals surface area contributed by atoms with Crippen LogP contribution in [0.1, 0.15) is 40.7 Å². The molecule has 10 nitrogen and oxygen atoms in total. The van der Waals surface area contributed by atoms with E-state index in [-0.39, 0.29) is 29.9 Å². The van der Waals surface area contributed by atoms with Gasteiger partial charge in [0.1, 0.15) is 5.02 Å². The molecule has 3 heterocycles. The molecule has 11 heteroatoms. The summed E-state index contributed by atoms with van der Waals surface area (Å²) in [5, 5.41) is 6.99. The number of nitrogens with zero attached hydrogens (tertiary/aromatic N) is 5. The van der Waals surface area contributed by atoms with Crippen LogP contribution in [0.2, 0.25) is 5.02 Å². The zero-order chi connectivity index (χ0) is 27.6. The molecule has 0 spiro atoms. The van der Waals surface area contributed by atoms with E-state index in [9.17, 15) is 9.59 Å². The molecule has 1 aromatic carbocycles. The van der Waals surface area contributed by atoms with Gasteiger partial charge in [0.05, 0.1) is 11.7 Å². The number of pyridine rings is 1. The molecule has 1 aliphatic rings. The monoisotopic (exact) mass is 541 g/mol. The molecule has 3 aromatic rings. The molecule has 0 bridgehead atoms. The van der Waals surface area contributed by atoms with E-state index in [4.69, 9.17) is 21.3 Å². The molecule has 2 aromatic heterocycles. The Balaban J connectivity index is 1.65. The van der Waals surface area contributed by atoms with Crippen molar-refractivity contribution < 1.29 is 9.53 Å². The van der Waals surface area contributed by atoms with Crippen LogP contribution in [0, 0.1) is 0 Å². The molecule has 2 N–H and O–H groups in total. The molecule has 38 heavy (non-hydrogen) atoms. The quantitative estimate of drug-likeness (QED) is 0.443. The zero-order valence-electron chi connectivity index (χ0n) is 22.8. The van der Waals surface area contributed by atoms with Crippen LogP contribution in [0.5, 0.6) is 5.75 Å². The number of fused-ring (bicyclic) bond motifs is 1. The fourth-order valence-electron chi connectivity index (χ4n) is 5.11. The molecule has 4 rings (SSSR count). The van der Waals surface area contributed by atoms with Crippen LogP contribution in [-0.2, 0) is 4.79 Å². The van der Waals surface area contributed by atoms with Crippen molar-refractivity contribution in [2.75, 3.05) is 43.5 Å². The fraction of sp³-hybridized carbons (Fsp3) is 0.481. The van der Waals surface area contributed by atoms with Crippen LogP contribution in [0.3, 0.4) is 0 Å². The molecule has 2 atom stereocenters. The number of hydrogen-bond donors (Lipinski definition) is 2. The van der Waals surface area contributed by atoms with E-state index in [1.165, 1.54) is 7.05 Å². The summed E-state index contributed by atoms with van der Waals surface area (Å²) >= 11 is 6.49. The van der Waals surface area contributed by atoms with E-state index in [2.05, 4.69) is 46.2 Å². The van der Waals surface area contributed by atoms with Crippen molar-refractivity contribution in [3.63, 3.8) is 0 Å². The largest absolute Gasteiger partial charge is 0.478 e. The van der Waals surface area contributed by atoms with Crippen molar-refractivity contribution >= 4 is 45.9 Å². The van der Waals surface area contributed by atoms with Gasteiger partial charge in [0, 0.05) is 49.3 Å². The number of rotatable bonds is 8. The lowest BCUT2D eigenvalue weighted by Gasteiger charge is -2.44. The van der Waals surface area contributed by atoms with E-state index >= 15 is 0 Å². The third-order valence-corrected chi connectivity index (χ3v) is 7.18. The third-order valence-electron chi connectivity index (χ3n) is 6.90. The number of hydrogen-bond acceptors (Lipinski definition) is 8. The van der Waals surface area contributed by atoms with Gasteiger partial charge in [-0.2, -0.15) is 4.98 Å². The number of amides is 1. The first-order valence-corrected chi connectivity index (χ1v) is 13.3. The second-order valence-corrected chi connectivity index (χ2v) is 10.3. The zero-order valence-corrected chi connectivity index (χ0v) is 23.5. The van der Waals surface area contributed by atoms with Gasteiger partial charge in [0.2, 0.25) is 5.95 Å². The number of piperazine rings is 1. The maximum Gasteiger partial charge on any atom is 0.293 e. The summed E-state index contributed by atoms with van der Waals surface area (Å²) in [4.78, 5) is 38.7. The van der Waals surface area contributed by atoms with Gasteiger partial charge in [0.25, 0.3) is 11.5 Å². The normalized spacial score (nSPS) is 18.2. The topological polar surface area (TPSA) is 105 Å². The minimum absolute atomic E-state index is 0.107. The smallest absolute Gasteiger partial charge is 0.293 e. The highest BCUT2D eigenvalue weighted by Crippen LogP contribution is 2.29. The van der Waals surface area contributed by atoms with Crippen molar-refractivity contribution in [1.82, 2.24) is 24.8 Å². The molecule has 1 amide bonds. The highest BCUT2D eigenvalue weighted by atomic mass is 35.5. The van der Waals surface area contributed by atoms with Crippen molar-refractivity contribution in [2.24, 2.45) is 0 Å². The summed E-state index contributed by atoms with van der Waals surface area (Å²) in [5.74, 6) is 0.932. The lowest BCUT2D eigenvalue weighted by Crippen LogP contribution is -2.57. The highest BCUT2D eigenvalue weighted by Gasteiger charge is 2.29. The van der Waals surface area contributed by atoms with Crippen molar-refractivity contribution in [3.05, 3.63) is 45.8 Å². The summed E-state index contributed by atoms with van der Waals surface area (Å²) in [6, 6.07) is 8.00. The maximum atomic E-state index is 13.1. The Morgan fingerprint density at radius 2 is 1.92 bits per heavy atom. The van der Waals surface area contributed by atoms with Gasteiger partial charge in [-0.1, -0.05) is 18.5 Å². The van der Waals surface area contributed by atoms with Crippen molar-refractivity contribution in [3.8, 4) is 5.75 Å². The van der Waals surface area contributed by atoms with Gasteiger partial charge in [-0.15, -0.1) is 0 Å². The standard InChI is InChI=1S/C27H36ClN7O3/c1-7-34-17(4)13-33(14-18(34)5)27-30-12-21(28)25(32-27)31-20-8-9-22-19(10-20)11-23(38-15-24(36)29-6)26(37)35(22)16(2)3/h8-12,16-18H,7,13-15H2,1-6H3,(H,29,36)(H,30,31,32)/t17-,18+. The van der Waals surface area contributed by atoms with Gasteiger partial charge < -0.3 is 24.8 Å². The van der Waals surface area contributed by atoms with Gasteiger partial charge in [-0.25, -0.2) is 4.98 Å². The molecule has 0 radical (unpaired) electrons. The average Bonchev–Trinajstić information content (AvgIpc) is 2.88. The first-order chi connectivity index (χ1) is 18.1. The van der Waals surface area contributed by atoms with Crippen LogP contribution < -0.4 is 25.8 Å². The van der Waals surface area contributed by atoms with Crippen LogP contribution in [0.15, 0.2) is 35.3 Å². The third kappa shape index (κ3) is 5.71. The summed E-state index contributed by atoms with van der Waals surface area (Å²) in [5.41, 5.74) is 1.22. The Labute approximate surface area is 228 Å². The number of anilines is 3. The Hall–Kier alpha value is -3.37. The van der Waals surface area contributed by atoms with Crippen LogP contribution in [0.4, 0.5) is 17.5 Å². The average molecular weight is 542 g/mol. The van der Waals surface area contributed by atoms with E-state index in [0.717, 1.165) is 36.2 Å². The Kier molecular flexibility index (Phi) is 8.42. The predicted molar refractivity (Wildman–Crippen MR) is 152 cm³/mol. The predicted octanol–water partition coefficient (Wildman–Crippen LogP) is 3.81. The summed E-state index contributed by atoms with van der Waals surface area (Å²) in [6.07, 6.45) is 1.62. The second kappa shape index (κ2) is 11.6. The Morgan fingerprint density at radius 3 is 2.55 bits per heavy atom. The number of likely N-dealkylation sites (N-methyl/N-ethyl adjacent to an activating group) is 2. The van der Waals surface area contributed by atoms with Crippen LogP contribution in [0.25, 0.3) is 10.9 Å².